The first-order chi connectivity index (χ1) is 8.74. The average Bonchev–Trinajstić information content (AvgIpc) is 2.70. The quantitative estimate of drug-likeness (QED) is 0.676. The van der Waals surface area contributed by atoms with Crippen LogP contribution in [0.25, 0.3) is 10.9 Å². The molecule has 3 aromatic rings. The fourth-order valence-corrected chi connectivity index (χ4v) is 2.30. The van der Waals surface area contributed by atoms with E-state index in [1.165, 1.54) is 16.5 Å². The van der Waals surface area contributed by atoms with Crippen LogP contribution in [0.5, 0.6) is 0 Å². The Balaban J connectivity index is 2.02. The third-order valence-electron chi connectivity index (χ3n) is 3.09. The van der Waals surface area contributed by atoms with Gasteiger partial charge in [0.25, 0.3) is 0 Å². The standard InChI is InChI=1S/C15H13ClN2/c1-11-14-4-2-3-5-15(14)18(17-11)10-12-6-8-13(16)9-7-12/h2-9H,10H2,1H3. The zero-order chi connectivity index (χ0) is 12.5. The molecule has 3 heteroatoms. The number of para-hydroxylation sites is 1. The van der Waals surface area contributed by atoms with Gasteiger partial charge in [0, 0.05) is 10.4 Å². The molecule has 0 N–H and O–H groups in total. The zero-order valence-corrected chi connectivity index (χ0v) is 10.9. The second-order valence-corrected chi connectivity index (χ2v) is 4.82. The molecule has 3 rings (SSSR count). The van der Waals surface area contributed by atoms with Crippen molar-refractivity contribution in [2.45, 2.75) is 13.5 Å². The lowest BCUT2D eigenvalue weighted by Crippen LogP contribution is -2.01. The summed E-state index contributed by atoms with van der Waals surface area (Å²) in [6, 6.07) is 16.2. The third-order valence-corrected chi connectivity index (χ3v) is 3.34. The first-order valence-electron chi connectivity index (χ1n) is 5.90. The predicted molar refractivity (Wildman–Crippen MR) is 75.0 cm³/mol. The van der Waals surface area contributed by atoms with Crippen LogP contribution >= 0.6 is 11.6 Å². The van der Waals surface area contributed by atoms with Crippen LogP contribution < -0.4 is 0 Å². The molecular formula is C15H13ClN2. The number of hydrogen-bond donors (Lipinski definition) is 0. The number of rotatable bonds is 2. The van der Waals surface area contributed by atoms with Gasteiger partial charge in [-0.1, -0.05) is 41.9 Å². The minimum atomic E-state index is 0.764. The van der Waals surface area contributed by atoms with E-state index >= 15 is 0 Å². The number of benzene rings is 2. The Kier molecular flexibility index (Phi) is 2.80. The Morgan fingerprint density at radius 2 is 1.78 bits per heavy atom. The number of aryl methyl sites for hydroxylation is 1. The van der Waals surface area contributed by atoms with Gasteiger partial charge in [-0.05, 0) is 30.7 Å². The molecule has 0 saturated carbocycles. The van der Waals surface area contributed by atoms with Gasteiger partial charge in [-0.25, -0.2) is 0 Å². The second kappa shape index (κ2) is 4.46. The number of fused-ring (bicyclic) bond motifs is 1. The highest BCUT2D eigenvalue weighted by atomic mass is 35.5. The van der Waals surface area contributed by atoms with Crippen LogP contribution in [0.3, 0.4) is 0 Å². The average molecular weight is 257 g/mol. The van der Waals surface area contributed by atoms with Crippen LogP contribution in [0.15, 0.2) is 48.5 Å². The molecule has 18 heavy (non-hydrogen) atoms. The minimum Gasteiger partial charge on any atom is -0.260 e. The molecule has 1 heterocycles. The van der Waals surface area contributed by atoms with Gasteiger partial charge in [-0.15, -0.1) is 0 Å². The van der Waals surface area contributed by atoms with Gasteiger partial charge in [0.05, 0.1) is 17.8 Å². The van der Waals surface area contributed by atoms with Crippen LogP contribution in [0.2, 0.25) is 5.02 Å². The highest BCUT2D eigenvalue weighted by molar-refractivity contribution is 6.30. The largest absolute Gasteiger partial charge is 0.260 e. The molecule has 0 aliphatic rings. The molecule has 0 bridgehead atoms. The van der Waals surface area contributed by atoms with E-state index in [0.29, 0.717) is 0 Å². The molecule has 0 unspecified atom stereocenters. The van der Waals surface area contributed by atoms with Crippen molar-refractivity contribution >= 4 is 22.5 Å². The van der Waals surface area contributed by atoms with E-state index in [2.05, 4.69) is 17.2 Å². The van der Waals surface area contributed by atoms with Crippen LogP contribution in [0.1, 0.15) is 11.3 Å². The Bertz CT molecular complexity index is 683. The second-order valence-electron chi connectivity index (χ2n) is 4.39. The van der Waals surface area contributed by atoms with Crippen molar-refractivity contribution in [1.29, 1.82) is 0 Å². The van der Waals surface area contributed by atoms with Gasteiger partial charge in [-0.2, -0.15) is 5.10 Å². The highest BCUT2D eigenvalue weighted by Crippen LogP contribution is 2.19. The Morgan fingerprint density at radius 3 is 2.56 bits per heavy atom. The molecular weight excluding hydrogens is 244 g/mol. The maximum atomic E-state index is 5.89. The molecule has 0 amide bonds. The summed E-state index contributed by atoms with van der Waals surface area (Å²) in [5.74, 6) is 0. The SMILES string of the molecule is Cc1nn(Cc2ccc(Cl)cc2)c2ccccc12. The summed E-state index contributed by atoms with van der Waals surface area (Å²) < 4.78 is 2.04. The van der Waals surface area contributed by atoms with Gasteiger partial charge in [0.1, 0.15) is 0 Å². The van der Waals surface area contributed by atoms with Gasteiger partial charge in [-0.3, -0.25) is 4.68 Å². The fourth-order valence-electron chi connectivity index (χ4n) is 2.18. The molecule has 0 aliphatic heterocycles. The summed E-state index contributed by atoms with van der Waals surface area (Å²) >= 11 is 5.89. The van der Waals surface area contributed by atoms with Crippen molar-refractivity contribution in [1.82, 2.24) is 9.78 Å². The molecule has 0 fully saturated rings. The lowest BCUT2D eigenvalue weighted by Gasteiger charge is -2.03. The summed E-state index contributed by atoms with van der Waals surface area (Å²) in [5, 5.41) is 6.57. The van der Waals surface area contributed by atoms with Crippen LogP contribution in [-0.4, -0.2) is 9.78 Å². The fraction of sp³-hybridized carbons (Fsp3) is 0.133. The lowest BCUT2D eigenvalue weighted by molar-refractivity contribution is 0.703. The van der Waals surface area contributed by atoms with Gasteiger partial charge in [0.15, 0.2) is 0 Å². The first kappa shape index (κ1) is 11.3. The van der Waals surface area contributed by atoms with Crippen molar-refractivity contribution in [3.63, 3.8) is 0 Å². The Labute approximate surface area is 111 Å². The number of halogens is 1. The first-order valence-corrected chi connectivity index (χ1v) is 6.28. The molecule has 0 spiro atoms. The summed E-state index contributed by atoms with van der Waals surface area (Å²) in [6.07, 6.45) is 0. The van der Waals surface area contributed by atoms with Crippen LogP contribution in [0, 0.1) is 6.92 Å². The highest BCUT2D eigenvalue weighted by Gasteiger charge is 2.06. The zero-order valence-electron chi connectivity index (χ0n) is 10.1. The number of nitrogens with zero attached hydrogens (tertiary/aromatic N) is 2. The molecule has 2 aromatic carbocycles. The number of aromatic nitrogens is 2. The van der Waals surface area contributed by atoms with Crippen LogP contribution in [0.4, 0.5) is 0 Å². The van der Waals surface area contributed by atoms with Crippen molar-refractivity contribution in [3.8, 4) is 0 Å². The monoisotopic (exact) mass is 256 g/mol. The minimum absolute atomic E-state index is 0.764. The topological polar surface area (TPSA) is 17.8 Å². The van der Waals surface area contributed by atoms with E-state index < -0.39 is 0 Å². The molecule has 0 radical (unpaired) electrons. The van der Waals surface area contributed by atoms with Gasteiger partial charge >= 0.3 is 0 Å². The Morgan fingerprint density at radius 1 is 1.06 bits per heavy atom. The molecule has 2 nitrogen and oxygen atoms in total. The lowest BCUT2D eigenvalue weighted by atomic mass is 10.2. The summed E-state index contributed by atoms with van der Waals surface area (Å²) in [6.45, 7) is 2.81. The molecule has 90 valence electrons. The van der Waals surface area contributed by atoms with Crippen LogP contribution in [-0.2, 0) is 6.54 Å². The maximum absolute atomic E-state index is 5.89. The molecule has 0 atom stereocenters. The molecule has 0 aliphatic carbocycles. The smallest absolute Gasteiger partial charge is 0.0689 e. The van der Waals surface area contributed by atoms with E-state index in [4.69, 9.17) is 11.6 Å². The van der Waals surface area contributed by atoms with E-state index in [0.717, 1.165) is 17.3 Å². The Hall–Kier alpha value is -1.80. The normalized spacial score (nSPS) is 11.0. The van der Waals surface area contributed by atoms with E-state index in [1.807, 2.05) is 48.0 Å². The van der Waals surface area contributed by atoms with Gasteiger partial charge in [0.2, 0.25) is 0 Å². The van der Waals surface area contributed by atoms with Crippen molar-refractivity contribution in [2.24, 2.45) is 0 Å². The van der Waals surface area contributed by atoms with Crippen molar-refractivity contribution in [2.75, 3.05) is 0 Å². The third kappa shape index (κ3) is 2.00. The summed E-state index contributed by atoms with van der Waals surface area (Å²) in [5.41, 5.74) is 3.44. The summed E-state index contributed by atoms with van der Waals surface area (Å²) in [4.78, 5) is 0. The summed E-state index contributed by atoms with van der Waals surface area (Å²) in [7, 11) is 0. The van der Waals surface area contributed by atoms with E-state index in [-0.39, 0.29) is 0 Å². The number of hydrogen-bond acceptors (Lipinski definition) is 1. The van der Waals surface area contributed by atoms with Gasteiger partial charge < -0.3 is 0 Å². The molecule has 0 saturated heterocycles. The van der Waals surface area contributed by atoms with Crippen molar-refractivity contribution < 1.29 is 0 Å². The molecule has 1 aromatic heterocycles. The predicted octanol–water partition coefficient (Wildman–Crippen LogP) is 4.05. The van der Waals surface area contributed by atoms with E-state index in [1.54, 1.807) is 0 Å². The maximum Gasteiger partial charge on any atom is 0.0689 e. The van der Waals surface area contributed by atoms with E-state index in [9.17, 15) is 0 Å². The van der Waals surface area contributed by atoms with Crippen molar-refractivity contribution in [3.05, 3.63) is 64.8 Å².